The molecule has 0 bridgehead atoms. The van der Waals surface area contributed by atoms with E-state index in [2.05, 4.69) is 5.32 Å². The molecule has 1 N–H and O–H groups in total. The highest BCUT2D eigenvalue weighted by Crippen LogP contribution is 2.31. The van der Waals surface area contributed by atoms with Gasteiger partial charge in [0.15, 0.2) is 0 Å². The van der Waals surface area contributed by atoms with E-state index < -0.39 is 33.9 Å². The Balaban J connectivity index is 1.33. The zero-order chi connectivity index (χ0) is 27.2. The van der Waals surface area contributed by atoms with Crippen molar-refractivity contribution >= 4 is 29.3 Å². The van der Waals surface area contributed by atoms with Crippen molar-refractivity contribution in [2.45, 2.75) is 18.8 Å². The fourth-order valence-corrected chi connectivity index (χ4v) is 4.43. The van der Waals surface area contributed by atoms with E-state index in [1.165, 1.54) is 30.2 Å². The average Bonchev–Trinajstić information content (AvgIpc) is 2.92. The third-order valence-electron chi connectivity index (χ3n) is 6.44. The number of methoxy groups -OCH3 is 1. The molecule has 1 heterocycles. The number of anilines is 1. The first-order chi connectivity index (χ1) is 18.3. The third-order valence-corrected chi connectivity index (χ3v) is 6.44. The lowest BCUT2D eigenvalue weighted by molar-refractivity contribution is -0.385. The van der Waals surface area contributed by atoms with Crippen LogP contribution >= 0.6 is 0 Å². The van der Waals surface area contributed by atoms with E-state index in [9.17, 15) is 28.5 Å². The predicted octanol–water partition coefficient (Wildman–Crippen LogP) is 5.55. The van der Waals surface area contributed by atoms with Gasteiger partial charge in [-0.05, 0) is 48.6 Å². The van der Waals surface area contributed by atoms with Gasteiger partial charge in [-0.2, -0.15) is 0 Å². The number of benzene rings is 3. The van der Waals surface area contributed by atoms with Crippen LogP contribution in [-0.4, -0.2) is 41.8 Å². The van der Waals surface area contributed by atoms with Crippen molar-refractivity contribution in [1.82, 2.24) is 4.90 Å². The highest BCUT2D eigenvalue weighted by molar-refractivity contribution is 6.02. The van der Waals surface area contributed by atoms with Gasteiger partial charge in [-0.25, -0.2) is 8.78 Å². The summed E-state index contributed by atoms with van der Waals surface area (Å²) < 4.78 is 33.5. The SMILES string of the molecule is COc1cc(F)c(C(=O)N2CCC(c3ccc(NC(=O)/C=C/c4ccccc4[N+](=O)[O-])cc3)CC2)c(F)c1. The fraction of sp³-hybridized carbons (Fsp3) is 0.214. The molecule has 3 aromatic carbocycles. The van der Waals surface area contributed by atoms with Crippen molar-refractivity contribution < 1.29 is 28.0 Å². The topological polar surface area (TPSA) is 102 Å². The Kier molecular flexibility index (Phi) is 8.10. The Bertz CT molecular complexity index is 1360. The number of para-hydroxylation sites is 1. The van der Waals surface area contributed by atoms with E-state index in [4.69, 9.17) is 4.74 Å². The van der Waals surface area contributed by atoms with Crippen LogP contribution in [0.25, 0.3) is 6.08 Å². The molecule has 10 heteroatoms. The van der Waals surface area contributed by atoms with Crippen molar-refractivity contribution in [2.24, 2.45) is 0 Å². The number of nitrogens with zero attached hydrogens (tertiary/aromatic N) is 2. The number of rotatable bonds is 7. The van der Waals surface area contributed by atoms with Gasteiger partial charge in [-0.1, -0.05) is 24.3 Å². The molecular weight excluding hydrogens is 496 g/mol. The van der Waals surface area contributed by atoms with Gasteiger partial charge in [0.2, 0.25) is 5.91 Å². The van der Waals surface area contributed by atoms with Crippen LogP contribution in [0.15, 0.2) is 66.7 Å². The van der Waals surface area contributed by atoms with E-state index in [0.717, 1.165) is 17.7 Å². The molecule has 0 unspecified atom stereocenters. The Morgan fingerprint density at radius 1 is 1.05 bits per heavy atom. The predicted molar refractivity (Wildman–Crippen MR) is 138 cm³/mol. The minimum absolute atomic E-state index is 0.00564. The van der Waals surface area contributed by atoms with Crippen molar-refractivity contribution in [3.63, 3.8) is 0 Å². The molecule has 0 aromatic heterocycles. The first-order valence-corrected chi connectivity index (χ1v) is 11.9. The van der Waals surface area contributed by atoms with Crippen LogP contribution < -0.4 is 10.1 Å². The number of nitro benzene ring substituents is 1. The van der Waals surface area contributed by atoms with Gasteiger partial charge in [0.1, 0.15) is 22.9 Å². The molecule has 0 saturated carbocycles. The van der Waals surface area contributed by atoms with Crippen LogP contribution in [-0.2, 0) is 4.79 Å². The molecule has 4 rings (SSSR count). The van der Waals surface area contributed by atoms with Crippen molar-refractivity contribution in [3.05, 3.63) is 105 Å². The monoisotopic (exact) mass is 521 g/mol. The number of halogens is 2. The van der Waals surface area contributed by atoms with Gasteiger partial charge < -0.3 is 15.0 Å². The van der Waals surface area contributed by atoms with Crippen LogP contribution in [0.3, 0.4) is 0 Å². The number of piperidine rings is 1. The minimum Gasteiger partial charge on any atom is -0.497 e. The van der Waals surface area contributed by atoms with Crippen molar-refractivity contribution in [1.29, 1.82) is 0 Å². The number of hydrogen-bond donors (Lipinski definition) is 1. The maximum absolute atomic E-state index is 14.3. The number of carbonyl (C=O) groups is 2. The normalized spacial score (nSPS) is 13.9. The molecule has 1 aliphatic rings. The second kappa shape index (κ2) is 11.6. The summed E-state index contributed by atoms with van der Waals surface area (Å²) in [5.41, 5.74) is 1.23. The largest absolute Gasteiger partial charge is 0.497 e. The van der Waals surface area contributed by atoms with Crippen LogP contribution in [0, 0.1) is 21.7 Å². The van der Waals surface area contributed by atoms with Gasteiger partial charge in [0.25, 0.3) is 11.6 Å². The Morgan fingerprint density at radius 2 is 1.68 bits per heavy atom. The van der Waals surface area contributed by atoms with Crippen LogP contribution in [0.1, 0.15) is 40.2 Å². The standard InChI is InChI=1S/C28H25F2N3O5/c1-38-22-16-23(29)27(24(30)17-22)28(35)32-14-12-19(13-15-32)18-6-9-21(10-7-18)31-26(34)11-8-20-4-2-3-5-25(20)33(36)37/h2-11,16-17,19H,12-15H2,1H3,(H,31,34)/b11-8+. The number of nitro groups is 1. The van der Waals surface area contributed by atoms with Crippen LogP contribution in [0.5, 0.6) is 5.75 Å². The first kappa shape index (κ1) is 26.5. The second-order valence-corrected chi connectivity index (χ2v) is 8.79. The summed E-state index contributed by atoms with van der Waals surface area (Å²) in [5.74, 6) is -2.88. The number of hydrogen-bond acceptors (Lipinski definition) is 5. The molecule has 2 amide bonds. The van der Waals surface area contributed by atoms with Crippen LogP contribution in [0.2, 0.25) is 0 Å². The maximum Gasteiger partial charge on any atom is 0.276 e. The first-order valence-electron chi connectivity index (χ1n) is 11.9. The molecule has 3 aromatic rings. The highest BCUT2D eigenvalue weighted by Gasteiger charge is 2.28. The van der Waals surface area contributed by atoms with Gasteiger partial charge in [0.05, 0.1) is 17.6 Å². The Morgan fingerprint density at radius 3 is 2.29 bits per heavy atom. The van der Waals surface area contributed by atoms with Gasteiger partial charge >= 0.3 is 0 Å². The lowest BCUT2D eigenvalue weighted by Gasteiger charge is -2.32. The van der Waals surface area contributed by atoms with E-state index in [-0.39, 0.29) is 17.4 Å². The molecule has 0 spiro atoms. The summed E-state index contributed by atoms with van der Waals surface area (Å²) in [4.78, 5) is 37.1. The van der Waals surface area contributed by atoms with Crippen molar-refractivity contribution in [2.75, 3.05) is 25.5 Å². The molecule has 0 atom stereocenters. The molecule has 0 aliphatic carbocycles. The summed E-state index contributed by atoms with van der Waals surface area (Å²) in [6.45, 7) is 0.701. The minimum atomic E-state index is -0.955. The molecule has 1 fully saturated rings. The van der Waals surface area contributed by atoms with E-state index in [0.29, 0.717) is 37.2 Å². The summed E-state index contributed by atoms with van der Waals surface area (Å²) in [7, 11) is 1.29. The Hall–Kier alpha value is -4.60. The smallest absolute Gasteiger partial charge is 0.276 e. The third kappa shape index (κ3) is 6.03. The van der Waals surface area contributed by atoms with Gasteiger partial charge in [-0.3, -0.25) is 19.7 Å². The molecule has 196 valence electrons. The molecule has 1 saturated heterocycles. The summed E-state index contributed by atoms with van der Waals surface area (Å²) in [5, 5.41) is 13.8. The second-order valence-electron chi connectivity index (χ2n) is 8.79. The Labute approximate surface area is 217 Å². The van der Waals surface area contributed by atoms with E-state index in [1.54, 1.807) is 30.3 Å². The summed E-state index contributed by atoms with van der Waals surface area (Å²) >= 11 is 0. The molecule has 38 heavy (non-hydrogen) atoms. The zero-order valence-electron chi connectivity index (χ0n) is 20.5. The maximum atomic E-state index is 14.3. The lowest BCUT2D eigenvalue weighted by atomic mass is 9.89. The number of amides is 2. The number of ether oxygens (including phenoxy) is 1. The van der Waals surface area contributed by atoms with Crippen molar-refractivity contribution in [3.8, 4) is 5.75 Å². The number of carbonyl (C=O) groups excluding carboxylic acids is 2. The van der Waals surface area contributed by atoms with Gasteiger partial charge in [-0.15, -0.1) is 0 Å². The number of likely N-dealkylation sites (tertiary alicyclic amines) is 1. The van der Waals surface area contributed by atoms with E-state index in [1.807, 2.05) is 12.1 Å². The zero-order valence-corrected chi connectivity index (χ0v) is 20.5. The van der Waals surface area contributed by atoms with E-state index >= 15 is 0 Å². The molecule has 1 aliphatic heterocycles. The number of nitrogens with one attached hydrogen (secondary N) is 1. The fourth-order valence-electron chi connectivity index (χ4n) is 4.43. The summed E-state index contributed by atoms with van der Waals surface area (Å²) in [6, 6.07) is 15.4. The molecular formula is C28H25F2N3O5. The quantitative estimate of drug-likeness (QED) is 0.249. The molecule has 8 nitrogen and oxygen atoms in total. The van der Waals surface area contributed by atoms with Crippen LogP contribution in [0.4, 0.5) is 20.2 Å². The van der Waals surface area contributed by atoms with Gasteiger partial charge in [0, 0.05) is 43.1 Å². The average molecular weight is 522 g/mol. The highest BCUT2D eigenvalue weighted by atomic mass is 19.1. The molecule has 0 radical (unpaired) electrons. The summed E-state index contributed by atoms with van der Waals surface area (Å²) in [6.07, 6.45) is 3.86. The lowest BCUT2D eigenvalue weighted by Crippen LogP contribution is -2.38.